The summed E-state index contributed by atoms with van der Waals surface area (Å²) in [6, 6.07) is 48.8. The number of pyridine rings is 3. The van der Waals surface area contributed by atoms with Crippen molar-refractivity contribution in [1.82, 2.24) is 15.0 Å². The molecule has 5 heteroatoms. The maximum Gasteiger partial charge on any atom is 0.0372 e. The summed E-state index contributed by atoms with van der Waals surface area (Å²) >= 11 is 3.61. The molecule has 0 saturated carbocycles. The first-order valence-corrected chi connectivity index (χ1v) is 34.4. The first-order chi connectivity index (χ1) is 41.0. The van der Waals surface area contributed by atoms with Crippen LogP contribution in [0.4, 0.5) is 0 Å². The highest BCUT2D eigenvalue weighted by atomic mass is 32.1. The molecule has 8 rings (SSSR count). The van der Waals surface area contributed by atoms with E-state index < -0.39 is 0 Å². The Labute approximate surface area is 539 Å². The van der Waals surface area contributed by atoms with Gasteiger partial charge in [-0.3, -0.25) is 15.0 Å². The van der Waals surface area contributed by atoms with Gasteiger partial charge >= 0.3 is 0 Å². The second kappa shape index (κ2) is 124. The molecule has 0 aliphatic rings. The van der Waals surface area contributed by atoms with E-state index in [0.29, 0.717) is 0 Å². The molecule has 0 bridgehead atoms. The van der Waals surface area contributed by atoms with E-state index in [-0.39, 0.29) is 0 Å². The maximum absolute atomic E-state index is 3.98. The standard InChI is InChI=1S/3C7H8.3C6H7N.2C6H8S.14C2H6/c3*1-7-5-3-2-4-6-7;1-6-2-4-7-5-3-6;1-6-3-2-4-7-5-6;1-6-4-2-3-5-7-6;2*1-5-3-4-7-6(5)2;14*1-2/h3*2-6H,1H3;3*2-5H,1H3;2*3-4H,1-2H3;14*1-2H3. The third kappa shape index (κ3) is 112. The number of thiophene rings is 2. The highest BCUT2D eigenvalue weighted by molar-refractivity contribution is 7.10. The molecule has 3 aromatic carbocycles. The largest absolute Gasteiger partial charge is 0.265 e. The van der Waals surface area contributed by atoms with Crippen molar-refractivity contribution in [3.63, 3.8) is 0 Å². The Balaban J connectivity index is -0.0000000524. The van der Waals surface area contributed by atoms with Gasteiger partial charge < -0.3 is 0 Å². The predicted octanol–water partition coefficient (Wildman–Crippen LogP) is 29.3. The Morgan fingerprint density at radius 2 is 0.488 bits per heavy atom. The predicted molar refractivity (Wildman–Crippen MR) is 407 cm³/mol. The number of benzene rings is 3. The van der Waals surface area contributed by atoms with E-state index in [4.69, 9.17) is 0 Å². The van der Waals surface area contributed by atoms with Gasteiger partial charge in [0.15, 0.2) is 0 Å². The van der Waals surface area contributed by atoms with Crippen LogP contribution in [-0.2, 0) is 0 Å². The first-order valence-electron chi connectivity index (χ1n) is 32.6. The van der Waals surface area contributed by atoms with E-state index in [9.17, 15) is 0 Å². The highest BCUT2D eigenvalue weighted by Gasteiger charge is 1.88. The summed E-state index contributed by atoms with van der Waals surface area (Å²) in [7, 11) is 0. The molecule has 0 fully saturated rings. The maximum atomic E-state index is 3.98. The zero-order chi connectivity index (χ0) is 69.2. The van der Waals surface area contributed by atoms with Crippen molar-refractivity contribution in [2.75, 3.05) is 0 Å². The summed E-state index contributed by atoms with van der Waals surface area (Å²) in [6.07, 6.45) is 8.97. The molecule has 0 aliphatic heterocycles. The van der Waals surface area contributed by atoms with Crippen LogP contribution in [0.25, 0.3) is 0 Å². The lowest BCUT2D eigenvalue weighted by Gasteiger charge is -1.82. The SMILES string of the molecule is CC.CC.CC.CC.CC.CC.CC.CC.CC.CC.CC.CC.CC.CC.Cc1ccccc1.Cc1ccccc1.Cc1ccccc1.Cc1ccccn1.Cc1cccnc1.Cc1ccncc1.Cc1ccsc1C.Cc1ccsc1C. The molecular formula is C79H145N3S2. The van der Waals surface area contributed by atoms with Crippen LogP contribution in [0.2, 0.25) is 0 Å². The summed E-state index contributed by atoms with van der Waals surface area (Å²) in [4.78, 5) is 14.6. The van der Waals surface area contributed by atoms with E-state index in [0.717, 1.165) is 5.69 Å². The zero-order valence-corrected chi connectivity index (χ0v) is 64.7. The normalized spacial score (nSPS) is 6.93. The van der Waals surface area contributed by atoms with Crippen molar-refractivity contribution in [3.8, 4) is 0 Å². The van der Waals surface area contributed by atoms with Crippen LogP contribution >= 0.6 is 22.7 Å². The van der Waals surface area contributed by atoms with Crippen molar-refractivity contribution in [3.05, 3.63) is 242 Å². The number of hydrogen-bond donors (Lipinski definition) is 0. The van der Waals surface area contributed by atoms with Gasteiger partial charge in [0.1, 0.15) is 0 Å². The number of aromatic nitrogens is 3. The van der Waals surface area contributed by atoms with Crippen molar-refractivity contribution in [2.45, 2.75) is 263 Å². The molecule has 0 N–H and O–H groups in total. The fourth-order valence-corrected chi connectivity index (χ4v) is 5.28. The van der Waals surface area contributed by atoms with Gasteiger partial charge in [0.05, 0.1) is 0 Å². The molecule has 5 aromatic heterocycles. The first kappa shape index (κ1) is 113. The Hall–Kier alpha value is -5.49. The smallest absolute Gasteiger partial charge is 0.0372 e. The van der Waals surface area contributed by atoms with Gasteiger partial charge in [-0.15, -0.1) is 22.7 Å². The van der Waals surface area contributed by atoms with Crippen LogP contribution in [0.3, 0.4) is 0 Å². The van der Waals surface area contributed by atoms with E-state index in [1.807, 2.05) is 318 Å². The minimum atomic E-state index is 1.07. The molecule has 0 radical (unpaired) electrons. The molecule has 488 valence electrons. The van der Waals surface area contributed by atoms with Crippen LogP contribution in [0, 0.1) is 69.2 Å². The molecule has 84 heavy (non-hydrogen) atoms. The average molecular weight is 1200 g/mol. The van der Waals surface area contributed by atoms with Crippen LogP contribution in [0.1, 0.15) is 248 Å². The van der Waals surface area contributed by atoms with E-state index in [1.54, 1.807) is 47.5 Å². The molecular weight excluding hydrogens is 1060 g/mol. The number of rotatable bonds is 0. The lowest BCUT2D eigenvalue weighted by Crippen LogP contribution is -1.72. The van der Waals surface area contributed by atoms with E-state index >= 15 is 0 Å². The molecule has 0 saturated heterocycles. The number of aryl methyl sites for hydroxylation is 10. The topological polar surface area (TPSA) is 38.7 Å². The fourth-order valence-electron chi connectivity index (χ4n) is 3.82. The Kier molecular flexibility index (Phi) is 167. The van der Waals surface area contributed by atoms with E-state index in [1.165, 1.54) is 48.7 Å². The summed E-state index contributed by atoms with van der Waals surface area (Å²) in [6.45, 7) is 76.8. The van der Waals surface area contributed by atoms with Crippen LogP contribution < -0.4 is 0 Å². The zero-order valence-electron chi connectivity index (χ0n) is 63.1. The number of hydrogen-bond acceptors (Lipinski definition) is 5. The van der Waals surface area contributed by atoms with Crippen LogP contribution in [0.5, 0.6) is 0 Å². The second-order valence-corrected chi connectivity index (χ2v) is 15.1. The Bertz CT molecular complexity index is 1650. The average Bonchev–Trinajstić information content (AvgIpc) is 4.18. The summed E-state index contributed by atoms with van der Waals surface area (Å²) in [5.74, 6) is 0. The quantitative estimate of drug-likeness (QED) is 0.152. The molecule has 0 unspecified atom stereocenters. The van der Waals surface area contributed by atoms with Gasteiger partial charge in [-0.2, -0.15) is 0 Å². The fraction of sp³-hybridized carbons (Fsp3) is 0.481. The van der Waals surface area contributed by atoms with Gasteiger partial charge in [0.2, 0.25) is 0 Å². The van der Waals surface area contributed by atoms with Gasteiger partial charge in [-0.1, -0.05) is 314 Å². The lowest BCUT2D eigenvalue weighted by molar-refractivity contribution is 1.20. The highest BCUT2D eigenvalue weighted by Crippen LogP contribution is 2.12. The van der Waals surface area contributed by atoms with Gasteiger partial charge in [-0.25, -0.2) is 0 Å². The van der Waals surface area contributed by atoms with Gasteiger partial charge in [0.25, 0.3) is 0 Å². The summed E-state index contributed by atoms with van der Waals surface area (Å²) in [5, 5.41) is 4.23. The van der Waals surface area contributed by atoms with Crippen molar-refractivity contribution in [1.29, 1.82) is 0 Å². The molecule has 0 atom stereocenters. The third-order valence-electron chi connectivity index (χ3n) is 7.53. The molecule has 0 amide bonds. The molecule has 0 aliphatic carbocycles. The third-order valence-corrected chi connectivity index (χ3v) is 9.42. The number of nitrogens with zero attached hydrogens (tertiary/aromatic N) is 3. The van der Waals surface area contributed by atoms with Gasteiger partial charge in [0, 0.05) is 46.4 Å². The lowest BCUT2D eigenvalue weighted by atomic mass is 10.2. The van der Waals surface area contributed by atoms with Crippen LogP contribution in [0.15, 0.2) is 187 Å². The molecule has 5 heterocycles. The van der Waals surface area contributed by atoms with Crippen molar-refractivity contribution >= 4 is 22.7 Å². The van der Waals surface area contributed by atoms with Crippen molar-refractivity contribution in [2.24, 2.45) is 0 Å². The second-order valence-electron chi connectivity index (χ2n) is 12.8. The summed E-state index contributed by atoms with van der Waals surface area (Å²) < 4.78 is 0. The Morgan fingerprint density at radius 1 is 0.226 bits per heavy atom. The van der Waals surface area contributed by atoms with Gasteiger partial charge in [-0.05, 0) is 145 Å². The van der Waals surface area contributed by atoms with E-state index in [2.05, 4.69) is 123 Å². The Morgan fingerprint density at radius 3 is 0.595 bits per heavy atom. The van der Waals surface area contributed by atoms with Crippen LogP contribution in [-0.4, -0.2) is 15.0 Å². The minimum absolute atomic E-state index is 1.07. The monoisotopic (exact) mass is 1200 g/mol. The summed E-state index contributed by atoms with van der Waals surface area (Å²) in [5.41, 5.74) is 10.3. The molecule has 8 aromatic rings. The van der Waals surface area contributed by atoms with Crippen molar-refractivity contribution < 1.29 is 0 Å². The minimum Gasteiger partial charge on any atom is -0.265 e. The molecule has 0 spiro atoms. The molecule has 3 nitrogen and oxygen atoms in total.